The molecular formula is C20H22BrNO4. The van der Waals surface area contributed by atoms with E-state index in [1.165, 1.54) is 0 Å². The Morgan fingerprint density at radius 1 is 1.12 bits per heavy atom. The van der Waals surface area contributed by atoms with Crippen molar-refractivity contribution < 1.29 is 19.1 Å². The van der Waals surface area contributed by atoms with Crippen LogP contribution in [0.25, 0.3) is 0 Å². The molecule has 0 saturated carbocycles. The Kier molecular flexibility index (Phi) is 7.21. The molecule has 1 N–H and O–H groups in total. The summed E-state index contributed by atoms with van der Waals surface area (Å²) in [6.07, 6.45) is 0. The van der Waals surface area contributed by atoms with E-state index in [1.54, 1.807) is 18.2 Å². The highest BCUT2D eigenvalue weighted by atomic mass is 79.9. The molecule has 0 aliphatic carbocycles. The number of benzene rings is 2. The molecule has 1 amide bonds. The van der Waals surface area contributed by atoms with Crippen molar-refractivity contribution in [3.05, 3.63) is 58.1 Å². The highest BCUT2D eigenvalue weighted by Crippen LogP contribution is 2.27. The number of amides is 1. The summed E-state index contributed by atoms with van der Waals surface area (Å²) in [5.74, 6) is -0.0615. The monoisotopic (exact) mass is 419 g/mol. The van der Waals surface area contributed by atoms with Gasteiger partial charge in [0.25, 0.3) is 5.91 Å². The van der Waals surface area contributed by atoms with Crippen molar-refractivity contribution in [1.29, 1.82) is 0 Å². The van der Waals surface area contributed by atoms with E-state index < -0.39 is 11.9 Å². The number of ether oxygens (including phenoxy) is 2. The summed E-state index contributed by atoms with van der Waals surface area (Å²) in [4.78, 5) is 23.7. The largest absolute Gasteiger partial charge is 0.482 e. The summed E-state index contributed by atoms with van der Waals surface area (Å²) in [6.45, 7) is 5.47. The second-order valence-corrected chi connectivity index (χ2v) is 7.12. The predicted molar refractivity (Wildman–Crippen MR) is 104 cm³/mol. The first-order chi connectivity index (χ1) is 12.3. The Morgan fingerprint density at radius 3 is 2.58 bits per heavy atom. The van der Waals surface area contributed by atoms with Crippen molar-refractivity contribution >= 4 is 33.5 Å². The predicted octanol–water partition coefficient (Wildman–Crippen LogP) is 4.44. The second kappa shape index (κ2) is 9.38. The summed E-state index contributed by atoms with van der Waals surface area (Å²) in [6, 6.07) is 13.0. The molecule has 5 nitrogen and oxygen atoms in total. The van der Waals surface area contributed by atoms with Crippen molar-refractivity contribution in [1.82, 2.24) is 0 Å². The van der Waals surface area contributed by atoms with E-state index in [2.05, 4.69) is 35.1 Å². The van der Waals surface area contributed by atoms with Gasteiger partial charge in [-0.3, -0.25) is 4.79 Å². The van der Waals surface area contributed by atoms with Gasteiger partial charge in [0.15, 0.2) is 13.2 Å². The van der Waals surface area contributed by atoms with Gasteiger partial charge < -0.3 is 14.8 Å². The number of esters is 1. The summed E-state index contributed by atoms with van der Waals surface area (Å²) < 4.78 is 11.4. The van der Waals surface area contributed by atoms with Crippen molar-refractivity contribution in [2.75, 3.05) is 18.5 Å². The van der Waals surface area contributed by atoms with Gasteiger partial charge in [-0.05, 0) is 48.2 Å². The van der Waals surface area contributed by atoms with Crippen LogP contribution in [0.5, 0.6) is 5.75 Å². The number of hydrogen-bond donors (Lipinski definition) is 1. The van der Waals surface area contributed by atoms with Crippen LogP contribution >= 0.6 is 15.9 Å². The van der Waals surface area contributed by atoms with E-state index in [4.69, 9.17) is 9.47 Å². The van der Waals surface area contributed by atoms with Crippen molar-refractivity contribution in [2.45, 2.75) is 26.7 Å². The zero-order chi connectivity index (χ0) is 19.1. The molecule has 0 aliphatic heterocycles. The molecule has 6 heteroatoms. The minimum atomic E-state index is -0.592. The fourth-order valence-corrected chi connectivity index (χ4v) is 2.73. The minimum absolute atomic E-state index is 0.243. The summed E-state index contributed by atoms with van der Waals surface area (Å²) >= 11 is 3.32. The van der Waals surface area contributed by atoms with E-state index in [1.807, 2.05) is 31.2 Å². The van der Waals surface area contributed by atoms with Crippen LogP contribution in [0.1, 0.15) is 30.9 Å². The molecule has 2 aromatic carbocycles. The molecule has 2 rings (SSSR count). The van der Waals surface area contributed by atoms with Crippen LogP contribution in [0.2, 0.25) is 0 Å². The fourth-order valence-electron chi connectivity index (χ4n) is 2.33. The van der Waals surface area contributed by atoms with Crippen LogP contribution in [0, 0.1) is 6.92 Å². The SMILES string of the molecule is Cc1ccc(C(C)C)c(OCC(=O)OCC(=O)Nc2cccc(Br)c2)c1. The molecule has 0 bridgehead atoms. The number of aryl methyl sites for hydroxylation is 1. The Hall–Kier alpha value is -2.34. The summed E-state index contributed by atoms with van der Waals surface area (Å²) in [7, 11) is 0. The lowest BCUT2D eigenvalue weighted by Crippen LogP contribution is -2.23. The molecule has 0 fully saturated rings. The number of carbonyl (C=O) groups excluding carboxylic acids is 2. The van der Waals surface area contributed by atoms with E-state index in [9.17, 15) is 9.59 Å². The van der Waals surface area contributed by atoms with Crippen LogP contribution in [0.3, 0.4) is 0 Å². The number of halogens is 1. The third-order valence-corrected chi connectivity index (χ3v) is 4.10. The molecule has 0 atom stereocenters. The maximum atomic E-state index is 11.9. The summed E-state index contributed by atoms with van der Waals surface area (Å²) in [5, 5.41) is 2.66. The molecule has 26 heavy (non-hydrogen) atoms. The summed E-state index contributed by atoms with van der Waals surface area (Å²) in [5.41, 5.74) is 2.69. The number of rotatable bonds is 7. The van der Waals surface area contributed by atoms with Crippen LogP contribution < -0.4 is 10.1 Å². The zero-order valence-electron chi connectivity index (χ0n) is 15.0. The molecule has 138 valence electrons. The van der Waals surface area contributed by atoms with E-state index in [0.717, 1.165) is 15.6 Å². The first kappa shape index (κ1) is 20.0. The Labute approximate surface area is 161 Å². The first-order valence-electron chi connectivity index (χ1n) is 8.29. The van der Waals surface area contributed by atoms with Gasteiger partial charge in [-0.1, -0.05) is 48.0 Å². The average molecular weight is 420 g/mol. The van der Waals surface area contributed by atoms with Crippen LogP contribution in [-0.4, -0.2) is 25.1 Å². The smallest absolute Gasteiger partial charge is 0.344 e. The van der Waals surface area contributed by atoms with Crippen molar-refractivity contribution in [3.63, 3.8) is 0 Å². The second-order valence-electron chi connectivity index (χ2n) is 6.20. The van der Waals surface area contributed by atoms with Crippen LogP contribution in [-0.2, 0) is 14.3 Å². The Morgan fingerprint density at radius 2 is 1.88 bits per heavy atom. The third kappa shape index (κ3) is 6.19. The molecule has 2 aromatic rings. The van der Waals surface area contributed by atoms with Gasteiger partial charge in [0.2, 0.25) is 0 Å². The van der Waals surface area contributed by atoms with Gasteiger partial charge in [-0.25, -0.2) is 4.79 Å². The fraction of sp³-hybridized carbons (Fsp3) is 0.300. The standard InChI is InChI=1S/C20H22BrNO4/c1-13(2)17-8-7-14(3)9-18(17)25-12-20(24)26-11-19(23)22-16-6-4-5-15(21)10-16/h4-10,13H,11-12H2,1-3H3,(H,22,23). The van der Waals surface area contributed by atoms with E-state index in [0.29, 0.717) is 11.4 Å². The molecule has 0 spiro atoms. The molecule has 0 heterocycles. The topological polar surface area (TPSA) is 64.6 Å². The Bertz CT molecular complexity index is 789. The lowest BCUT2D eigenvalue weighted by atomic mass is 10.0. The molecule has 0 aliphatic rings. The third-order valence-electron chi connectivity index (χ3n) is 3.61. The normalized spacial score (nSPS) is 10.5. The van der Waals surface area contributed by atoms with Gasteiger partial charge >= 0.3 is 5.97 Å². The van der Waals surface area contributed by atoms with Crippen molar-refractivity contribution in [2.24, 2.45) is 0 Å². The lowest BCUT2D eigenvalue weighted by molar-refractivity contribution is -0.149. The maximum absolute atomic E-state index is 11.9. The van der Waals surface area contributed by atoms with Crippen LogP contribution in [0.15, 0.2) is 46.9 Å². The quantitative estimate of drug-likeness (QED) is 0.673. The molecule has 0 aromatic heterocycles. The average Bonchev–Trinajstić information content (AvgIpc) is 2.58. The Balaban J connectivity index is 1.82. The number of hydrogen-bond acceptors (Lipinski definition) is 4. The molecular weight excluding hydrogens is 398 g/mol. The van der Waals surface area contributed by atoms with Gasteiger partial charge in [0, 0.05) is 10.2 Å². The molecule has 0 saturated heterocycles. The highest BCUT2D eigenvalue weighted by molar-refractivity contribution is 9.10. The number of carbonyl (C=O) groups is 2. The lowest BCUT2D eigenvalue weighted by Gasteiger charge is -2.14. The van der Waals surface area contributed by atoms with Gasteiger partial charge in [-0.15, -0.1) is 0 Å². The highest BCUT2D eigenvalue weighted by Gasteiger charge is 2.12. The number of nitrogens with one attached hydrogen (secondary N) is 1. The van der Waals surface area contributed by atoms with Crippen LogP contribution in [0.4, 0.5) is 5.69 Å². The van der Waals surface area contributed by atoms with E-state index in [-0.39, 0.29) is 19.1 Å². The van der Waals surface area contributed by atoms with Gasteiger partial charge in [0.05, 0.1) is 0 Å². The van der Waals surface area contributed by atoms with E-state index >= 15 is 0 Å². The first-order valence-corrected chi connectivity index (χ1v) is 9.09. The van der Waals surface area contributed by atoms with Crippen molar-refractivity contribution in [3.8, 4) is 5.75 Å². The molecule has 0 unspecified atom stereocenters. The molecule has 0 radical (unpaired) electrons. The minimum Gasteiger partial charge on any atom is -0.482 e. The maximum Gasteiger partial charge on any atom is 0.344 e. The number of anilines is 1. The van der Waals surface area contributed by atoms with Gasteiger partial charge in [-0.2, -0.15) is 0 Å². The van der Waals surface area contributed by atoms with Gasteiger partial charge in [0.1, 0.15) is 5.75 Å². The zero-order valence-corrected chi connectivity index (χ0v) is 16.6.